The highest BCUT2D eigenvalue weighted by molar-refractivity contribution is 7.13. The molecule has 88 valence electrons. The minimum absolute atomic E-state index is 0.532. The van der Waals surface area contributed by atoms with Crippen LogP contribution in [-0.2, 0) is 6.18 Å². The number of hydrogen-bond donors (Lipinski definition) is 0. The molecule has 0 aliphatic heterocycles. The summed E-state index contributed by atoms with van der Waals surface area (Å²) in [5.74, 6) is 0. The van der Waals surface area contributed by atoms with Gasteiger partial charge in [0.2, 0.25) is 0 Å². The SMILES string of the molecule is O=Cc1csc(-c2ccc(C(F)(F)F)cc2)c1. The Balaban J connectivity index is 2.32. The van der Waals surface area contributed by atoms with Gasteiger partial charge in [-0.25, -0.2) is 0 Å². The van der Waals surface area contributed by atoms with Gasteiger partial charge < -0.3 is 0 Å². The van der Waals surface area contributed by atoms with Crippen molar-refractivity contribution in [1.29, 1.82) is 0 Å². The molecule has 0 aliphatic carbocycles. The second kappa shape index (κ2) is 4.33. The monoisotopic (exact) mass is 256 g/mol. The number of benzene rings is 1. The molecule has 0 saturated heterocycles. The van der Waals surface area contributed by atoms with Crippen LogP contribution >= 0.6 is 11.3 Å². The lowest BCUT2D eigenvalue weighted by Gasteiger charge is -2.06. The third kappa shape index (κ3) is 2.55. The number of alkyl halides is 3. The quantitative estimate of drug-likeness (QED) is 0.734. The first-order valence-corrected chi connectivity index (χ1v) is 5.60. The van der Waals surface area contributed by atoms with E-state index in [1.807, 2.05) is 0 Å². The number of hydrogen-bond acceptors (Lipinski definition) is 2. The molecule has 5 heteroatoms. The van der Waals surface area contributed by atoms with Crippen LogP contribution < -0.4 is 0 Å². The second-order valence-corrected chi connectivity index (χ2v) is 4.35. The molecule has 0 N–H and O–H groups in total. The molecule has 17 heavy (non-hydrogen) atoms. The molecular formula is C12H7F3OS. The molecule has 0 saturated carbocycles. The van der Waals surface area contributed by atoms with Crippen LogP contribution in [0.15, 0.2) is 35.7 Å². The van der Waals surface area contributed by atoms with Gasteiger partial charge in [-0.3, -0.25) is 4.79 Å². The highest BCUT2D eigenvalue weighted by Crippen LogP contribution is 2.32. The zero-order valence-corrected chi connectivity index (χ0v) is 9.31. The van der Waals surface area contributed by atoms with Crippen molar-refractivity contribution < 1.29 is 18.0 Å². The minimum atomic E-state index is -4.32. The molecule has 1 aromatic carbocycles. The van der Waals surface area contributed by atoms with E-state index < -0.39 is 11.7 Å². The average Bonchev–Trinajstić information content (AvgIpc) is 2.76. The maximum absolute atomic E-state index is 12.3. The lowest BCUT2D eigenvalue weighted by Crippen LogP contribution is -2.03. The Kier molecular flexibility index (Phi) is 3.02. The third-order valence-corrected chi connectivity index (χ3v) is 3.25. The van der Waals surface area contributed by atoms with Gasteiger partial charge >= 0.3 is 6.18 Å². The first kappa shape index (κ1) is 11.9. The molecule has 2 aromatic rings. The molecular weight excluding hydrogens is 249 g/mol. The Morgan fingerprint density at radius 3 is 2.24 bits per heavy atom. The Morgan fingerprint density at radius 1 is 1.12 bits per heavy atom. The summed E-state index contributed by atoms with van der Waals surface area (Å²) < 4.78 is 37.0. The molecule has 0 aliphatic rings. The molecule has 0 amide bonds. The standard InChI is InChI=1S/C12H7F3OS/c13-12(14,15)10-3-1-9(2-4-10)11-5-8(6-16)7-17-11/h1-7H. The minimum Gasteiger partial charge on any atom is -0.298 e. The smallest absolute Gasteiger partial charge is 0.298 e. The zero-order chi connectivity index (χ0) is 12.5. The van der Waals surface area contributed by atoms with Gasteiger partial charge in [0.15, 0.2) is 6.29 Å². The highest BCUT2D eigenvalue weighted by Gasteiger charge is 2.29. The predicted octanol–water partition coefficient (Wildman–Crippen LogP) is 4.25. The fraction of sp³-hybridized carbons (Fsp3) is 0.0833. The number of aldehydes is 1. The van der Waals surface area contributed by atoms with E-state index in [1.165, 1.54) is 23.5 Å². The molecule has 0 fully saturated rings. The van der Waals surface area contributed by atoms with Crippen molar-refractivity contribution in [2.24, 2.45) is 0 Å². The third-order valence-electron chi connectivity index (χ3n) is 2.25. The van der Waals surface area contributed by atoms with E-state index in [9.17, 15) is 18.0 Å². The van der Waals surface area contributed by atoms with Crippen molar-refractivity contribution in [3.63, 3.8) is 0 Å². The van der Waals surface area contributed by atoms with Crippen molar-refractivity contribution in [1.82, 2.24) is 0 Å². The van der Waals surface area contributed by atoms with Crippen molar-refractivity contribution in [2.45, 2.75) is 6.18 Å². The maximum atomic E-state index is 12.3. The van der Waals surface area contributed by atoms with Gasteiger partial charge in [0.05, 0.1) is 5.56 Å². The Bertz CT molecular complexity index is 525. The van der Waals surface area contributed by atoms with Crippen LogP contribution in [0.3, 0.4) is 0 Å². The van der Waals surface area contributed by atoms with E-state index in [4.69, 9.17) is 0 Å². The van der Waals surface area contributed by atoms with E-state index in [2.05, 4.69) is 0 Å². The molecule has 2 rings (SSSR count). The zero-order valence-electron chi connectivity index (χ0n) is 8.49. The maximum Gasteiger partial charge on any atom is 0.416 e. The van der Waals surface area contributed by atoms with Gasteiger partial charge in [-0.05, 0) is 23.8 Å². The normalized spacial score (nSPS) is 11.5. The predicted molar refractivity (Wildman–Crippen MR) is 60.1 cm³/mol. The first-order chi connectivity index (χ1) is 8.00. The summed E-state index contributed by atoms with van der Waals surface area (Å²) in [4.78, 5) is 11.3. The molecule has 1 nitrogen and oxygen atoms in total. The number of carbonyl (C=O) groups is 1. The van der Waals surface area contributed by atoms with E-state index >= 15 is 0 Å². The second-order valence-electron chi connectivity index (χ2n) is 3.44. The molecule has 0 atom stereocenters. The van der Waals surface area contributed by atoms with Crippen LogP contribution in [0.1, 0.15) is 15.9 Å². The van der Waals surface area contributed by atoms with Gasteiger partial charge in [-0.1, -0.05) is 12.1 Å². The summed E-state index contributed by atoms with van der Waals surface area (Å²) in [5.41, 5.74) is 0.536. The van der Waals surface area contributed by atoms with Crippen LogP contribution in [-0.4, -0.2) is 6.29 Å². The van der Waals surface area contributed by atoms with E-state index in [1.54, 1.807) is 11.4 Å². The van der Waals surface area contributed by atoms with Crippen LogP contribution in [0.25, 0.3) is 10.4 Å². The number of carbonyl (C=O) groups excluding carboxylic acids is 1. The molecule has 1 aromatic heterocycles. The Morgan fingerprint density at radius 2 is 1.76 bits per heavy atom. The molecule has 0 unspecified atom stereocenters. The topological polar surface area (TPSA) is 17.1 Å². The van der Waals surface area contributed by atoms with Crippen LogP contribution in [0.5, 0.6) is 0 Å². The van der Waals surface area contributed by atoms with Gasteiger partial charge in [0, 0.05) is 15.8 Å². The van der Waals surface area contributed by atoms with Gasteiger partial charge in [-0.2, -0.15) is 13.2 Å². The fourth-order valence-corrected chi connectivity index (χ4v) is 2.25. The number of thiophene rings is 1. The summed E-state index contributed by atoms with van der Waals surface area (Å²) >= 11 is 1.33. The van der Waals surface area contributed by atoms with Crippen molar-refractivity contribution in [2.75, 3.05) is 0 Å². The van der Waals surface area contributed by atoms with E-state index in [0.29, 0.717) is 17.4 Å². The van der Waals surface area contributed by atoms with Gasteiger partial charge in [0.25, 0.3) is 0 Å². The van der Waals surface area contributed by atoms with Crippen LogP contribution in [0, 0.1) is 0 Å². The number of rotatable bonds is 2. The van der Waals surface area contributed by atoms with Crippen LogP contribution in [0.4, 0.5) is 13.2 Å². The summed E-state index contributed by atoms with van der Waals surface area (Å²) in [6.07, 6.45) is -3.61. The Labute approximate surface area is 99.5 Å². The lowest BCUT2D eigenvalue weighted by molar-refractivity contribution is -0.137. The summed E-state index contributed by atoms with van der Waals surface area (Å²) in [6, 6.07) is 6.54. The molecule has 0 radical (unpaired) electrons. The summed E-state index contributed by atoms with van der Waals surface area (Å²) in [7, 11) is 0. The molecule has 0 spiro atoms. The van der Waals surface area contributed by atoms with E-state index in [-0.39, 0.29) is 0 Å². The first-order valence-electron chi connectivity index (χ1n) is 4.72. The molecule has 1 heterocycles. The number of halogens is 3. The average molecular weight is 256 g/mol. The Hall–Kier alpha value is -1.62. The van der Waals surface area contributed by atoms with E-state index in [0.717, 1.165) is 17.0 Å². The fourth-order valence-electron chi connectivity index (χ4n) is 1.39. The molecule has 0 bridgehead atoms. The van der Waals surface area contributed by atoms with Gasteiger partial charge in [-0.15, -0.1) is 11.3 Å². The summed E-state index contributed by atoms with van der Waals surface area (Å²) in [5, 5.41) is 1.67. The largest absolute Gasteiger partial charge is 0.416 e. The highest BCUT2D eigenvalue weighted by atomic mass is 32.1. The van der Waals surface area contributed by atoms with Crippen molar-refractivity contribution in [3.05, 3.63) is 46.8 Å². The van der Waals surface area contributed by atoms with Crippen LogP contribution in [0.2, 0.25) is 0 Å². The lowest BCUT2D eigenvalue weighted by atomic mass is 10.1. The van der Waals surface area contributed by atoms with Gasteiger partial charge in [0.1, 0.15) is 0 Å². The summed E-state index contributed by atoms with van der Waals surface area (Å²) in [6.45, 7) is 0. The van der Waals surface area contributed by atoms with Crippen molar-refractivity contribution in [3.8, 4) is 10.4 Å². The van der Waals surface area contributed by atoms with Crippen molar-refractivity contribution >= 4 is 17.6 Å².